The van der Waals surface area contributed by atoms with Crippen LogP contribution in [0.2, 0.25) is 0 Å². The van der Waals surface area contributed by atoms with Crippen molar-refractivity contribution in [1.29, 1.82) is 0 Å². The molecule has 188 valence electrons. The van der Waals surface area contributed by atoms with Crippen molar-refractivity contribution in [3.63, 3.8) is 0 Å². The predicted octanol–water partition coefficient (Wildman–Crippen LogP) is 1.03. The van der Waals surface area contributed by atoms with Crippen molar-refractivity contribution in [3.8, 4) is 0 Å². The zero-order valence-corrected chi connectivity index (χ0v) is 19.8. The lowest BCUT2D eigenvalue weighted by Gasteiger charge is -2.64. The molecule has 3 saturated heterocycles. The largest absolute Gasteiger partial charge is 0.498 e. The van der Waals surface area contributed by atoms with Crippen molar-refractivity contribution < 1.29 is 38.8 Å². The van der Waals surface area contributed by atoms with Gasteiger partial charge in [0.05, 0.1) is 30.0 Å². The minimum atomic E-state index is -0.968. The molecule has 1 spiro atoms. The number of fused-ring (bicyclic) bond motifs is 3. The van der Waals surface area contributed by atoms with Gasteiger partial charge >= 0.3 is 0 Å². The van der Waals surface area contributed by atoms with Crippen molar-refractivity contribution in [3.05, 3.63) is 58.9 Å². The van der Waals surface area contributed by atoms with E-state index in [2.05, 4.69) is 5.16 Å². The van der Waals surface area contributed by atoms with E-state index in [1.54, 1.807) is 6.26 Å². The molecule has 3 aliphatic carbocycles. The normalized spacial score (nSPS) is 50.2. The maximum atomic E-state index is 13.4. The average molecular weight is 494 g/mol. The van der Waals surface area contributed by atoms with Gasteiger partial charge in [-0.25, -0.2) is 0 Å². The lowest BCUT2D eigenvalue weighted by Crippen LogP contribution is -2.72. The third kappa shape index (κ3) is 2.48. The minimum Gasteiger partial charge on any atom is -0.498 e. The van der Waals surface area contributed by atoms with Crippen LogP contribution < -0.4 is 0 Å². The Morgan fingerprint density at radius 3 is 2.56 bits per heavy atom. The van der Waals surface area contributed by atoms with Crippen molar-refractivity contribution >= 4 is 11.5 Å². The quantitative estimate of drug-likeness (QED) is 0.473. The SMILES string of the molecule is CC1O[C@H]2C3=C(C(=O)[C@@H]4O[C@@H]4[C@H]3O)[C@@H]1C1[C@@H](C)OC=C3[C@H](O)C4O[C@@H]4C(=NOCc4ccccc4)[C@]312. The number of nitrogens with zero attached hydrogens (tertiary/aromatic N) is 1. The van der Waals surface area contributed by atoms with Gasteiger partial charge in [0.2, 0.25) is 0 Å². The van der Waals surface area contributed by atoms with Crippen LogP contribution in [-0.2, 0) is 35.2 Å². The molecule has 0 radical (unpaired) electrons. The van der Waals surface area contributed by atoms with Crippen LogP contribution in [0.3, 0.4) is 0 Å². The number of ether oxygens (including phenoxy) is 4. The summed E-state index contributed by atoms with van der Waals surface area (Å²) in [6.45, 7) is 4.20. The Hall–Kier alpha value is -2.56. The van der Waals surface area contributed by atoms with Gasteiger partial charge in [-0.05, 0) is 25.0 Å². The first-order valence-corrected chi connectivity index (χ1v) is 12.7. The van der Waals surface area contributed by atoms with E-state index in [0.717, 1.165) is 5.56 Å². The van der Waals surface area contributed by atoms with E-state index in [1.807, 2.05) is 44.2 Å². The first kappa shape index (κ1) is 21.5. The molecule has 36 heavy (non-hydrogen) atoms. The Morgan fingerprint density at radius 2 is 1.75 bits per heavy atom. The number of aliphatic hydroxyl groups is 2. The monoisotopic (exact) mass is 493 g/mol. The summed E-state index contributed by atoms with van der Waals surface area (Å²) in [4.78, 5) is 19.3. The zero-order valence-electron chi connectivity index (χ0n) is 19.8. The summed E-state index contributed by atoms with van der Waals surface area (Å²) in [7, 11) is 0. The first-order valence-electron chi connectivity index (χ1n) is 12.7. The van der Waals surface area contributed by atoms with Gasteiger partial charge in [0.1, 0.15) is 48.9 Å². The fraction of sp³-hybridized carbons (Fsp3) is 0.556. The molecule has 1 saturated carbocycles. The second-order valence-electron chi connectivity index (χ2n) is 11.0. The van der Waals surface area contributed by atoms with Crippen LogP contribution in [0.1, 0.15) is 19.4 Å². The van der Waals surface area contributed by atoms with E-state index < -0.39 is 48.1 Å². The minimum absolute atomic E-state index is 0.0701. The molecule has 9 rings (SSSR count). The average Bonchev–Trinajstić information content (AvgIpc) is 3.79. The topological polar surface area (TPSA) is 123 Å². The lowest BCUT2D eigenvalue weighted by molar-refractivity contribution is -0.187. The molecule has 4 fully saturated rings. The van der Waals surface area contributed by atoms with Crippen molar-refractivity contribution in [1.82, 2.24) is 0 Å². The Kier molecular flexibility index (Phi) is 4.21. The fourth-order valence-electron chi connectivity index (χ4n) is 7.76. The number of oxime groups is 1. The molecule has 0 aromatic heterocycles. The summed E-state index contributed by atoms with van der Waals surface area (Å²) in [5.41, 5.74) is 2.41. The van der Waals surface area contributed by atoms with Gasteiger partial charge in [0.25, 0.3) is 0 Å². The molecule has 1 aromatic rings. The van der Waals surface area contributed by atoms with Crippen LogP contribution in [0, 0.1) is 17.3 Å². The second-order valence-corrected chi connectivity index (χ2v) is 11.0. The summed E-state index contributed by atoms with van der Waals surface area (Å²) in [5, 5.41) is 27.3. The van der Waals surface area contributed by atoms with Gasteiger partial charge in [-0.1, -0.05) is 35.5 Å². The molecule has 1 aromatic carbocycles. The molecule has 9 heteroatoms. The summed E-state index contributed by atoms with van der Waals surface area (Å²) in [6.07, 6.45) is -3.61. The number of hydrogen-bond donors (Lipinski definition) is 2. The highest BCUT2D eigenvalue weighted by Crippen LogP contribution is 2.68. The highest BCUT2D eigenvalue weighted by molar-refractivity contribution is 6.07. The molecule has 0 amide bonds. The number of carbonyl (C=O) groups excluding carboxylic acids is 1. The van der Waals surface area contributed by atoms with Crippen LogP contribution in [0.15, 0.2) is 58.5 Å². The van der Waals surface area contributed by atoms with Gasteiger partial charge in [0, 0.05) is 23.0 Å². The van der Waals surface area contributed by atoms with Crippen LogP contribution in [0.5, 0.6) is 0 Å². The summed E-state index contributed by atoms with van der Waals surface area (Å²) in [6, 6.07) is 9.75. The van der Waals surface area contributed by atoms with Crippen molar-refractivity contribution in [2.75, 3.05) is 0 Å². The number of hydrogen-bond acceptors (Lipinski definition) is 9. The fourth-order valence-corrected chi connectivity index (χ4v) is 7.76. The van der Waals surface area contributed by atoms with E-state index in [1.165, 1.54) is 0 Å². The first-order chi connectivity index (χ1) is 17.4. The Labute approximate surface area is 207 Å². The highest BCUT2D eigenvalue weighted by Gasteiger charge is 2.78. The standard InChI is InChI=1S/C27H27NO8/c1-10-14-15-16(20(31)23-22(35-23)19(15)30)26(34-10)27-13(9-32-11(2)17(14)27)18(29)21-24(36-21)25(27)28-33-8-12-6-4-3-5-7-12/h3-7,9-11,14,17-18,20-24,26,29,31H,8H2,1-2H3/t10?,11-,14-,17?,18+,20+,21?,22+,23-,24+,26+,27+/m1/s1. The van der Waals surface area contributed by atoms with Crippen molar-refractivity contribution in [2.24, 2.45) is 22.4 Å². The van der Waals surface area contributed by atoms with Crippen LogP contribution in [-0.4, -0.2) is 76.6 Å². The molecule has 2 bridgehead atoms. The van der Waals surface area contributed by atoms with Crippen LogP contribution in [0.4, 0.5) is 0 Å². The number of Topliss-reactive ketones (excluding diaryl/α,β-unsaturated/α-hetero) is 1. The van der Waals surface area contributed by atoms with Crippen molar-refractivity contribution in [2.45, 2.75) is 75.4 Å². The number of carbonyl (C=O) groups is 1. The second kappa shape index (κ2) is 7.05. The lowest BCUT2D eigenvalue weighted by atomic mass is 9.45. The smallest absolute Gasteiger partial charge is 0.190 e. The number of epoxide rings is 2. The van der Waals surface area contributed by atoms with E-state index in [4.69, 9.17) is 23.8 Å². The summed E-state index contributed by atoms with van der Waals surface area (Å²) >= 11 is 0. The molecular weight excluding hydrogens is 466 g/mol. The van der Waals surface area contributed by atoms with E-state index in [0.29, 0.717) is 22.4 Å². The van der Waals surface area contributed by atoms with Gasteiger partial charge in [-0.15, -0.1) is 0 Å². The maximum absolute atomic E-state index is 13.4. The molecule has 5 heterocycles. The zero-order chi connectivity index (χ0) is 24.5. The number of rotatable bonds is 3. The molecule has 2 N–H and O–H groups in total. The Bertz CT molecular complexity index is 1260. The van der Waals surface area contributed by atoms with Gasteiger partial charge in [-0.2, -0.15) is 0 Å². The summed E-state index contributed by atoms with van der Waals surface area (Å²) < 4.78 is 24.2. The third-order valence-electron chi connectivity index (χ3n) is 9.27. The van der Waals surface area contributed by atoms with Gasteiger partial charge < -0.3 is 34.0 Å². The van der Waals surface area contributed by atoms with E-state index in [9.17, 15) is 15.0 Å². The highest BCUT2D eigenvalue weighted by atomic mass is 16.6. The number of aliphatic hydroxyl groups excluding tert-OH is 2. The third-order valence-corrected chi connectivity index (χ3v) is 9.27. The molecular formula is C27H27NO8. The van der Waals surface area contributed by atoms with Gasteiger partial charge in [0.15, 0.2) is 5.78 Å². The molecule has 8 aliphatic rings. The van der Waals surface area contributed by atoms with Crippen LogP contribution >= 0.6 is 0 Å². The maximum Gasteiger partial charge on any atom is 0.190 e. The van der Waals surface area contributed by atoms with E-state index in [-0.39, 0.29) is 36.4 Å². The Balaban J connectivity index is 1.31. The molecule has 3 unspecified atom stereocenters. The van der Waals surface area contributed by atoms with E-state index >= 15 is 0 Å². The predicted molar refractivity (Wildman–Crippen MR) is 122 cm³/mol. The van der Waals surface area contributed by atoms with Gasteiger partial charge in [-0.3, -0.25) is 4.79 Å². The Morgan fingerprint density at radius 1 is 1.00 bits per heavy atom. The number of ketones is 1. The van der Waals surface area contributed by atoms with Crippen LogP contribution in [0.25, 0.3) is 0 Å². The molecule has 9 nitrogen and oxygen atoms in total. The molecule has 5 aliphatic heterocycles. The number of benzene rings is 1. The summed E-state index contributed by atoms with van der Waals surface area (Å²) in [5.74, 6) is -0.701. The molecule has 12 atom stereocenters.